The van der Waals surface area contributed by atoms with Crippen molar-refractivity contribution in [2.45, 2.75) is 76.0 Å². The second-order valence-corrected chi connectivity index (χ2v) is 14.8. The number of rotatable bonds is 16. The summed E-state index contributed by atoms with van der Waals surface area (Å²) in [5.41, 5.74) is -4.13. The molecule has 1 aliphatic heterocycles. The molecular weight excluding hydrogens is 594 g/mol. The molecule has 42 heavy (non-hydrogen) atoms. The highest BCUT2D eigenvalue weighted by molar-refractivity contribution is 7.91. The average molecular weight is 633 g/mol. The minimum atomic E-state index is -4.41. The maximum atomic E-state index is 15.5. The van der Waals surface area contributed by atoms with Crippen LogP contribution in [0.3, 0.4) is 0 Å². The van der Waals surface area contributed by atoms with Crippen LogP contribution in [0.25, 0.3) is 0 Å². The van der Waals surface area contributed by atoms with Gasteiger partial charge in [0.2, 0.25) is 0 Å². The highest BCUT2D eigenvalue weighted by Crippen LogP contribution is 2.51. The van der Waals surface area contributed by atoms with Gasteiger partial charge in [0, 0.05) is 12.3 Å². The van der Waals surface area contributed by atoms with Crippen LogP contribution in [0.2, 0.25) is 0 Å². The molecule has 1 saturated heterocycles. The van der Waals surface area contributed by atoms with Crippen LogP contribution >= 0.6 is 7.82 Å². The van der Waals surface area contributed by atoms with E-state index in [1.54, 1.807) is 18.2 Å². The number of para-hydroxylation sites is 1. The van der Waals surface area contributed by atoms with E-state index in [-0.39, 0.29) is 30.3 Å². The van der Waals surface area contributed by atoms with Crippen molar-refractivity contribution in [2.24, 2.45) is 5.92 Å². The summed E-state index contributed by atoms with van der Waals surface area (Å²) in [6, 6.07) is 8.98. The molecule has 234 valence electrons. The van der Waals surface area contributed by atoms with Crippen molar-refractivity contribution in [3.05, 3.63) is 63.4 Å². The number of alkyl halides is 1. The van der Waals surface area contributed by atoms with Crippen molar-refractivity contribution in [3.8, 4) is 5.75 Å². The zero-order chi connectivity index (χ0) is 30.4. The Balaban J connectivity index is 1.34. The smallest absolute Gasteiger partial charge is 0.404 e. The number of hydrogen-bond donors (Lipinski definition) is 2. The lowest BCUT2D eigenvalue weighted by Gasteiger charge is -2.24. The van der Waals surface area contributed by atoms with Gasteiger partial charge in [0.15, 0.2) is 11.9 Å². The summed E-state index contributed by atoms with van der Waals surface area (Å²) < 4.78 is 76.6. The van der Waals surface area contributed by atoms with Crippen molar-refractivity contribution in [3.63, 3.8) is 0 Å². The van der Waals surface area contributed by atoms with E-state index in [1.165, 1.54) is 31.4 Å². The number of benzene rings is 1. The van der Waals surface area contributed by atoms with Crippen LogP contribution in [0.5, 0.6) is 5.75 Å². The molecule has 15 heteroatoms. The molecular formula is C27H38FN2O10PS. The van der Waals surface area contributed by atoms with Crippen LogP contribution < -0.4 is 15.8 Å². The van der Waals surface area contributed by atoms with E-state index >= 15 is 4.39 Å². The Hall–Kier alpha value is -2.35. The fourth-order valence-electron chi connectivity index (χ4n) is 4.92. The number of ether oxygens (including phenoxy) is 1. The molecule has 1 aliphatic carbocycles. The molecule has 4 rings (SSSR count). The normalized spacial score (nSPS) is 26.0. The van der Waals surface area contributed by atoms with E-state index in [4.69, 9.17) is 18.3 Å². The molecule has 2 aromatic rings. The van der Waals surface area contributed by atoms with Gasteiger partial charge in [-0.2, -0.15) is 0 Å². The molecule has 5 atom stereocenters. The lowest BCUT2D eigenvalue weighted by molar-refractivity contribution is -0.0609. The van der Waals surface area contributed by atoms with Gasteiger partial charge in [-0.3, -0.25) is 23.4 Å². The molecule has 2 N–H and O–H groups in total. The van der Waals surface area contributed by atoms with Crippen LogP contribution in [0.1, 0.15) is 58.1 Å². The Bertz CT molecular complexity index is 1440. The number of aliphatic hydroxyl groups is 1. The number of aromatic amines is 1. The molecule has 0 radical (unpaired) electrons. The van der Waals surface area contributed by atoms with Crippen molar-refractivity contribution < 1.29 is 40.8 Å². The van der Waals surface area contributed by atoms with Gasteiger partial charge in [-0.1, -0.05) is 50.3 Å². The number of halogens is 1. The SMILES string of the molecule is C[C@]1(F)C(n2ccc(=O)[nH]c2=O)O[C@H](COP(=O)(OCCCS(=O)(=O)CCCCC2CCC2)Oc2ccccc2)[C@H]1O. The molecule has 0 amide bonds. The van der Waals surface area contributed by atoms with Gasteiger partial charge in [0.1, 0.15) is 27.8 Å². The molecule has 2 aliphatic rings. The van der Waals surface area contributed by atoms with E-state index in [9.17, 15) is 27.7 Å². The molecule has 2 unspecified atom stereocenters. The number of aliphatic hydroxyl groups excluding tert-OH is 1. The summed E-state index contributed by atoms with van der Waals surface area (Å²) in [7, 11) is -7.74. The zero-order valence-corrected chi connectivity index (χ0v) is 25.1. The third-order valence-corrected chi connectivity index (χ3v) is 10.8. The number of nitrogens with zero attached hydrogens (tertiary/aromatic N) is 1. The number of phosphoric ester groups is 1. The molecule has 0 bridgehead atoms. The average Bonchev–Trinajstić information content (AvgIpc) is 3.13. The van der Waals surface area contributed by atoms with Gasteiger partial charge in [-0.05, 0) is 37.8 Å². The first kappa shape index (κ1) is 32.6. The van der Waals surface area contributed by atoms with Crippen LogP contribution in [0.15, 0.2) is 52.2 Å². The summed E-state index contributed by atoms with van der Waals surface area (Å²) in [6.45, 7) is 0.0959. The summed E-state index contributed by atoms with van der Waals surface area (Å²) in [5.74, 6) is 0.780. The third kappa shape index (κ3) is 8.61. The molecule has 1 saturated carbocycles. The van der Waals surface area contributed by atoms with Gasteiger partial charge >= 0.3 is 13.5 Å². The number of aromatic nitrogens is 2. The molecule has 2 fully saturated rings. The Morgan fingerprint density at radius 2 is 1.83 bits per heavy atom. The second-order valence-electron chi connectivity index (χ2n) is 10.9. The van der Waals surface area contributed by atoms with E-state index in [2.05, 4.69) is 0 Å². The summed E-state index contributed by atoms with van der Waals surface area (Å²) in [5, 5.41) is 10.6. The van der Waals surface area contributed by atoms with Crippen LogP contribution in [0.4, 0.5) is 4.39 Å². The zero-order valence-electron chi connectivity index (χ0n) is 23.4. The maximum absolute atomic E-state index is 15.5. The summed E-state index contributed by atoms with van der Waals surface area (Å²) >= 11 is 0. The second kappa shape index (κ2) is 14.0. The highest BCUT2D eigenvalue weighted by Gasteiger charge is 2.56. The first-order chi connectivity index (χ1) is 19.9. The lowest BCUT2D eigenvalue weighted by atomic mass is 9.82. The van der Waals surface area contributed by atoms with Gasteiger partial charge in [-0.15, -0.1) is 0 Å². The van der Waals surface area contributed by atoms with Crippen molar-refractivity contribution in [1.29, 1.82) is 0 Å². The number of nitrogens with one attached hydrogen (secondary N) is 1. The fourth-order valence-corrected chi connectivity index (χ4v) is 7.57. The highest BCUT2D eigenvalue weighted by atomic mass is 32.2. The van der Waals surface area contributed by atoms with E-state index < -0.39 is 59.6 Å². The van der Waals surface area contributed by atoms with E-state index in [0.29, 0.717) is 6.42 Å². The minimum Gasteiger partial charge on any atom is -0.404 e. The van der Waals surface area contributed by atoms with Crippen LogP contribution in [0, 0.1) is 5.92 Å². The van der Waals surface area contributed by atoms with Gasteiger partial charge in [0.05, 0.1) is 24.7 Å². The number of H-pyrrole nitrogens is 1. The quantitative estimate of drug-likeness (QED) is 0.207. The number of unbranched alkanes of at least 4 members (excludes halogenated alkanes) is 1. The Morgan fingerprint density at radius 1 is 1.12 bits per heavy atom. The standard InChI is InChI=1S/C27H38FN2O10PS/c1-27(28)24(32)22(39-25(27)30-15-14-23(31)29-26(30)33)19-38-41(34,40-21-12-3-2-4-13-21)37-16-8-18-42(35,36)17-6-5-9-20-10-7-11-20/h2-4,12-15,20,22,24-25,32H,5-11,16-19H2,1H3,(H,29,31,33)/t22-,24-,25?,27-,41?/m1/s1. The third-order valence-electron chi connectivity index (χ3n) is 7.57. The fraction of sp³-hybridized carbons (Fsp3) is 0.630. The minimum absolute atomic E-state index is 0.0404. The lowest BCUT2D eigenvalue weighted by Crippen LogP contribution is -2.43. The van der Waals surface area contributed by atoms with Gasteiger partial charge in [0.25, 0.3) is 5.56 Å². The predicted octanol–water partition coefficient (Wildman–Crippen LogP) is 3.52. The molecule has 1 aromatic heterocycles. The van der Waals surface area contributed by atoms with E-state index in [1.807, 2.05) is 4.98 Å². The summed E-state index contributed by atoms with van der Waals surface area (Å²) in [6.07, 6.45) is 2.47. The first-order valence-corrected chi connectivity index (χ1v) is 17.3. The van der Waals surface area contributed by atoms with Crippen molar-refractivity contribution in [2.75, 3.05) is 24.7 Å². The van der Waals surface area contributed by atoms with E-state index in [0.717, 1.165) is 42.5 Å². The number of hydrogen-bond acceptors (Lipinski definition) is 10. The van der Waals surface area contributed by atoms with Crippen molar-refractivity contribution >= 4 is 17.7 Å². The van der Waals surface area contributed by atoms with Crippen LogP contribution in [-0.2, 0) is 28.2 Å². The molecule has 12 nitrogen and oxygen atoms in total. The molecule has 1 aromatic carbocycles. The topological polar surface area (TPSA) is 163 Å². The van der Waals surface area contributed by atoms with Gasteiger partial charge in [-0.25, -0.2) is 22.2 Å². The predicted molar refractivity (Wildman–Crippen MR) is 152 cm³/mol. The maximum Gasteiger partial charge on any atom is 0.530 e. The Kier molecular flexibility index (Phi) is 10.8. The Morgan fingerprint density at radius 3 is 2.50 bits per heavy atom. The molecule has 2 heterocycles. The number of phosphoric acid groups is 1. The first-order valence-electron chi connectivity index (χ1n) is 14.1. The van der Waals surface area contributed by atoms with Crippen molar-refractivity contribution in [1.82, 2.24) is 9.55 Å². The Labute approximate surface area is 243 Å². The monoisotopic (exact) mass is 632 g/mol. The largest absolute Gasteiger partial charge is 0.530 e. The van der Waals surface area contributed by atoms with Gasteiger partial charge < -0.3 is 14.4 Å². The summed E-state index contributed by atoms with van der Waals surface area (Å²) in [4.78, 5) is 25.6. The van der Waals surface area contributed by atoms with Crippen LogP contribution in [-0.4, -0.2) is 65.7 Å². The molecule has 0 spiro atoms. The number of sulfone groups is 1.